The van der Waals surface area contributed by atoms with Crippen LogP contribution in [0.25, 0.3) is 0 Å². The zero-order chi connectivity index (χ0) is 17.8. The zero-order valence-electron chi connectivity index (χ0n) is 12.7. The molecule has 1 aromatic carbocycles. The predicted octanol–water partition coefficient (Wildman–Crippen LogP) is 1.18. The van der Waals surface area contributed by atoms with E-state index in [0.29, 0.717) is 6.42 Å². The minimum Gasteiger partial charge on any atom is -0.480 e. The van der Waals surface area contributed by atoms with Crippen LogP contribution in [0.1, 0.15) is 12.5 Å². The SMILES string of the molecule is C[C@H](NC(=O)C(N)Cc1ccccc1)C(=O)O.O=C(CCl)CCl. The van der Waals surface area contributed by atoms with Crippen molar-refractivity contribution >= 4 is 40.9 Å². The van der Waals surface area contributed by atoms with Gasteiger partial charge in [-0.1, -0.05) is 30.3 Å². The monoisotopic (exact) mass is 362 g/mol. The molecule has 128 valence electrons. The molecule has 0 aliphatic carbocycles. The maximum atomic E-state index is 11.6. The number of Topliss-reactive ketones (excluding diaryl/α,β-unsaturated/α-hetero) is 1. The summed E-state index contributed by atoms with van der Waals surface area (Å²) in [7, 11) is 0. The Morgan fingerprint density at radius 1 is 1.17 bits per heavy atom. The molecule has 8 heteroatoms. The summed E-state index contributed by atoms with van der Waals surface area (Å²) in [6.45, 7) is 1.40. The topological polar surface area (TPSA) is 109 Å². The fraction of sp³-hybridized carbons (Fsp3) is 0.400. The minimum atomic E-state index is -1.08. The van der Waals surface area contributed by atoms with Crippen LogP contribution in [0.2, 0.25) is 0 Å². The average molecular weight is 363 g/mol. The molecule has 0 heterocycles. The molecule has 0 fully saturated rings. The van der Waals surface area contributed by atoms with Crippen molar-refractivity contribution in [2.75, 3.05) is 11.8 Å². The number of halogens is 2. The van der Waals surface area contributed by atoms with Gasteiger partial charge in [-0.2, -0.15) is 0 Å². The van der Waals surface area contributed by atoms with Gasteiger partial charge in [-0.15, -0.1) is 23.2 Å². The first-order chi connectivity index (χ1) is 10.8. The highest BCUT2D eigenvalue weighted by Crippen LogP contribution is 2.02. The Morgan fingerprint density at radius 2 is 1.70 bits per heavy atom. The molecular formula is C15H20Cl2N2O4. The molecule has 2 atom stereocenters. The molecule has 1 amide bonds. The Labute approximate surface area is 144 Å². The van der Waals surface area contributed by atoms with E-state index in [1.54, 1.807) is 0 Å². The van der Waals surface area contributed by atoms with Gasteiger partial charge in [-0.05, 0) is 18.9 Å². The number of nitrogens with one attached hydrogen (secondary N) is 1. The first-order valence-corrected chi connectivity index (χ1v) is 7.85. The van der Waals surface area contributed by atoms with Crippen molar-refractivity contribution in [1.82, 2.24) is 5.32 Å². The third-order valence-corrected chi connectivity index (χ3v) is 3.26. The minimum absolute atomic E-state index is 0.0312. The van der Waals surface area contributed by atoms with E-state index in [9.17, 15) is 14.4 Å². The second-order valence-electron chi connectivity index (χ2n) is 4.67. The van der Waals surface area contributed by atoms with Gasteiger partial charge in [0.15, 0.2) is 5.78 Å². The molecule has 1 aromatic rings. The molecule has 0 bridgehead atoms. The summed E-state index contributed by atoms with van der Waals surface area (Å²) in [4.78, 5) is 32.0. The molecule has 6 nitrogen and oxygen atoms in total. The Hall–Kier alpha value is -1.63. The Bertz CT molecular complexity index is 505. The lowest BCUT2D eigenvalue weighted by Gasteiger charge is -2.14. The number of carbonyl (C=O) groups excluding carboxylic acids is 2. The van der Waals surface area contributed by atoms with Gasteiger partial charge in [0.25, 0.3) is 0 Å². The molecule has 23 heavy (non-hydrogen) atoms. The molecule has 1 unspecified atom stereocenters. The number of aliphatic carboxylic acids is 1. The fourth-order valence-corrected chi connectivity index (χ4v) is 1.66. The van der Waals surface area contributed by atoms with Gasteiger partial charge in [0.05, 0.1) is 17.8 Å². The molecule has 0 saturated heterocycles. The molecule has 1 rings (SSSR count). The Kier molecular flexibility index (Phi) is 11.0. The molecule has 0 aliphatic rings. The molecule has 4 N–H and O–H groups in total. The van der Waals surface area contributed by atoms with Gasteiger partial charge >= 0.3 is 5.97 Å². The number of benzene rings is 1. The van der Waals surface area contributed by atoms with Crippen LogP contribution in [0.15, 0.2) is 30.3 Å². The van der Waals surface area contributed by atoms with Crippen molar-refractivity contribution < 1.29 is 19.5 Å². The number of alkyl halides is 2. The van der Waals surface area contributed by atoms with E-state index in [1.165, 1.54) is 6.92 Å². The van der Waals surface area contributed by atoms with Crippen LogP contribution >= 0.6 is 23.2 Å². The van der Waals surface area contributed by atoms with Gasteiger partial charge < -0.3 is 16.2 Å². The van der Waals surface area contributed by atoms with Gasteiger partial charge in [-0.25, -0.2) is 0 Å². The summed E-state index contributed by atoms with van der Waals surface area (Å²) >= 11 is 10.0. The maximum absolute atomic E-state index is 11.6. The number of hydrogen-bond donors (Lipinski definition) is 3. The Morgan fingerprint density at radius 3 is 2.09 bits per heavy atom. The maximum Gasteiger partial charge on any atom is 0.325 e. The molecule has 0 aromatic heterocycles. The number of carboxylic acids is 1. The second kappa shape index (κ2) is 11.9. The van der Waals surface area contributed by atoms with Crippen LogP contribution in [0, 0.1) is 0 Å². The number of carbonyl (C=O) groups is 3. The van der Waals surface area contributed by atoms with Crippen LogP contribution in [-0.2, 0) is 20.8 Å². The highest BCUT2D eigenvalue weighted by Gasteiger charge is 2.19. The Balaban J connectivity index is 0.000000688. The van der Waals surface area contributed by atoms with E-state index >= 15 is 0 Å². The van der Waals surface area contributed by atoms with Crippen LogP contribution in [-0.4, -0.2) is 46.6 Å². The fourth-order valence-electron chi connectivity index (χ4n) is 1.38. The number of hydrogen-bond acceptors (Lipinski definition) is 4. The normalized spacial score (nSPS) is 12.3. The summed E-state index contributed by atoms with van der Waals surface area (Å²) < 4.78 is 0. The number of nitrogens with two attached hydrogens (primary N) is 1. The molecule has 0 aliphatic heterocycles. The third kappa shape index (κ3) is 9.89. The molecule has 0 spiro atoms. The summed E-state index contributed by atoms with van der Waals surface area (Å²) in [5, 5.41) is 11.0. The van der Waals surface area contributed by atoms with Crippen molar-refractivity contribution in [3.05, 3.63) is 35.9 Å². The van der Waals surface area contributed by atoms with Gasteiger partial charge in [0.2, 0.25) is 5.91 Å². The summed E-state index contributed by atoms with van der Waals surface area (Å²) in [5.41, 5.74) is 6.64. The van der Waals surface area contributed by atoms with Crippen molar-refractivity contribution in [2.24, 2.45) is 5.73 Å². The van der Waals surface area contributed by atoms with Crippen molar-refractivity contribution in [1.29, 1.82) is 0 Å². The lowest BCUT2D eigenvalue weighted by Crippen LogP contribution is -2.47. The predicted molar refractivity (Wildman–Crippen MR) is 89.8 cm³/mol. The highest BCUT2D eigenvalue weighted by atomic mass is 35.5. The van der Waals surface area contributed by atoms with Crippen LogP contribution in [0.4, 0.5) is 0 Å². The first kappa shape index (κ1) is 21.4. The average Bonchev–Trinajstić information content (AvgIpc) is 2.55. The third-order valence-electron chi connectivity index (χ3n) is 2.66. The van der Waals surface area contributed by atoms with E-state index in [4.69, 9.17) is 34.0 Å². The van der Waals surface area contributed by atoms with E-state index in [1.807, 2.05) is 30.3 Å². The zero-order valence-corrected chi connectivity index (χ0v) is 14.2. The number of carboxylic acid groups (broad SMARTS) is 1. The number of rotatable bonds is 7. The molecule has 0 saturated carbocycles. The number of ketones is 1. The van der Waals surface area contributed by atoms with Crippen LogP contribution in [0.3, 0.4) is 0 Å². The summed E-state index contributed by atoms with van der Waals surface area (Å²) in [6.07, 6.45) is 0.388. The van der Waals surface area contributed by atoms with Crippen LogP contribution in [0.5, 0.6) is 0 Å². The van der Waals surface area contributed by atoms with Crippen molar-refractivity contribution in [3.8, 4) is 0 Å². The van der Waals surface area contributed by atoms with E-state index in [2.05, 4.69) is 5.32 Å². The molecular weight excluding hydrogens is 343 g/mol. The molecule has 0 radical (unpaired) electrons. The lowest BCUT2D eigenvalue weighted by molar-refractivity contribution is -0.141. The summed E-state index contributed by atoms with van der Waals surface area (Å²) in [5.74, 6) is -1.60. The largest absolute Gasteiger partial charge is 0.480 e. The second-order valence-corrected chi connectivity index (χ2v) is 5.21. The van der Waals surface area contributed by atoms with E-state index in [0.717, 1.165) is 5.56 Å². The first-order valence-electron chi connectivity index (χ1n) is 6.78. The van der Waals surface area contributed by atoms with Crippen molar-refractivity contribution in [2.45, 2.75) is 25.4 Å². The highest BCUT2D eigenvalue weighted by molar-refractivity contribution is 6.35. The van der Waals surface area contributed by atoms with Gasteiger partial charge in [0, 0.05) is 0 Å². The van der Waals surface area contributed by atoms with E-state index in [-0.39, 0.29) is 17.5 Å². The number of amides is 1. The lowest BCUT2D eigenvalue weighted by atomic mass is 10.1. The van der Waals surface area contributed by atoms with Gasteiger partial charge in [-0.3, -0.25) is 14.4 Å². The quantitative estimate of drug-likeness (QED) is 0.630. The van der Waals surface area contributed by atoms with Crippen LogP contribution < -0.4 is 11.1 Å². The summed E-state index contributed by atoms with van der Waals surface area (Å²) in [6, 6.07) is 7.67. The standard InChI is InChI=1S/C12H16N2O3.C3H4Cl2O/c1-8(12(16)17)14-11(15)10(13)7-9-5-3-2-4-6-9;4-1-3(6)2-5/h2-6,8,10H,7,13H2,1H3,(H,14,15)(H,16,17);1-2H2/t8-,10?;/m0./s1. The van der Waals surface area contributed by atoms with E-state index < -0.39 is 24.0 Å². The van der Waals surface area contributed by atoms with Crippen molar-refractivity contribution in [3.63, 3.8) is 0 Å². The van der Waals surface area contributed by atoms with Gasteiger partial charge in [0.1, 0.15) is 6.04 Å². The smallest absolute Gasteiger partial charge is 0.325 e.